The zero-order valence-corrected chi connectivity index (χ0v) is 19.7. The van der Waals surface area contributed by atoms with Gasteiger partial charge in [-0.1, -0.05) is 0 Å². The van der Waals surface area contributed by atoms with Crippen molar-refractivity contribution in [2.45, 2.75) is 76.8 Å². The van der Waals surface area contributed by atoms with Crippen LogP contribution in [0.4, 0.5) is 0 Å². The standard InChI is InChI=1S/C19H36N8O7/c1-8(20)14(29)26-12(6-5-7-23-19(21)22)16(31)27-13(11(4)28)17(32)24-9(2)15(30)25-10(3)18(33)34/h8-13,28H,5-7,20H2,1-4H3,(H,24,32)(H,25,30)(H,26,29)(H,27,31)(H,33,34)(H4,21,22,23)/t8-,9-,10-,11+,12-,13-/m0/s1. The van der Waals surface area contributed by atoms with Gasteiger partial charge in [-0.15, -0.1) is 0 Å². The van der Waals surface area contributed by atoms with Crippen LogP contribution in [0.2, 0.25) is 0 Å². The zero-order chi connectivity index (χ0) is 26.6. The Balaban J connectivity index is 5.31. The van der Waals surface area contributed by atoms with E-state index in [4.69, 9.17) is 22.3 Å². The first kappa shape index (κ1) is 30.5. The quantitative estimate of drug-likeness (QED) is 0.0646. The van der Waals surface area contributed by atoms with Crippen molar-refractivity contribution < 1.29 is 34.2 Å². The van der Waals surface area contributed by atoms with E-state index >= 15 is 0 Å². The number of carboxylic acids is 1. The number of carbonyl (C=O) groups excluding carboxylic acids is 4. The van der Waals surface area contributed by atoms with Crippen molar-refractivity contribution in [1.82, 2.24) is 21.3 Å². The summed E-state index contributed by atoms with van der Waals surface area (Å²) in [5.41, 5.74) is 16.0. The number of aliphatic hydroxyl groups excluding tert-OH is 1. The number of carboxylic acid groups (broad SMARTS) is 1. The number of nitrogens with one attached hydrogen (secondary N) is 4. The van der Waals surface area contributed by atoms with Crippen molar-refractivity contribution in [1.29, 1.82) is 0 Å². The number of hydrogen-bond acceptors (Lipinski definition) is 8. The number of nitrogens with two attached hydrogens (primary N) is 3. The van der Waals surface area contributed by atoms with Gasteiger partial charge in [0.15, 0.2) is 5.96 Å². The number of rotatable bonds is 14. The minimum absolute atomic E-state index is 0.0983. The summed E-state index contributed by atoms with van der Waals surface area (Å²) < 4.78 is 0. The van der Waals surface area contributed by atoms with E-state index in [9.17, 15) is 29.1 Å². The third-order valence-electron chi connectivity index (χ3n) is 4.54. The first-order valence-electron chi connectivity index (χ1n) is 10.6. The first-order chi connectivity index (χ1) is 15.7. The van der Waals surface area contributed by atoms with Gasteiger partial charge in [0.2, 0.25) is 23.6 Å². The molecule has 34 heavy (non-hydrogen) atoms. The molecule has 0 bridgehead atoms. The lowest BCUT2D eigenvalue weighted by molar-refractivity contribution is -0.141. The van der Waals surface area contributed by atoms with Crippen LogP contribution in [0.3, 0.4) is 0 Å². The van der Waals surface area contributed by atoms with Crippen molar-refractivity contribution in [3.63, 3.8) is 0 Å². The molecule has 12 N–H and O–H groups in total. The second-order valence-corrected chi connectivity index (χ2v) is 7.82. The number of carbonyl (C=O) groups is 5. The van der Waals surface area contributed by atoms with Gasteiger partial charge in [0, 0.05) is 6.54 Å². The summed E-state index contributed by atoms with van der Waals surface area (Å²) in [6.45, 7) is 5.40. The van der Waals surface area contributed by atoms with E-state index in [0.29, 0.717) is 6.42 Å². The molecule has 6 atom stereocenters. The Bertz CT molecular complexity index is 768. The molecule has 15 nitrogen and oxygen atoms in total. The van der Waals surface area contributed by atoms with Gasteiger partial charge in [-0.25, -0.2) is 0 Å². The first-order valence-corrected chi connectivity index (χ1v) is 10.6. The summed E-state index contributed by atoms with van der Waals surface area (Å²) in [6.07, 6.45) is -0.968. The maximum atomic E-state index is 12.8. The lowest BCUT2D eigenvalue weighted by Gasteiger charge is -2.26. The molecule has 0 aliphatic rings. The molecule has 0 aromatic carbocycles. The average Bonchev–Trinajstić information content (AvgIpc) is 2.72. The fourth-order valence-corrected chi connectivity index (χ4v) is 2.50. The zero-order valence-electron chi connectivity index (χ0n) is 19.7. The monoisotopic (exact) mass is 488 g/mol. The van der Waals surface area contributed by atoms with Gasteiger partial charge in [-0.05, 0) is 40.5 Å². The summed E-state index contributed by atoms with van der Waals surface area (Å²) in [4.78, 5) is 64.1. The number of guanidine groups is 1. The SMILES string of the molecule is C[C@H](N)C(=O)N[C@@H](CCCN=C(N)N)C(=O)N[C@H](C(=O)N[C@@H](C)C(=O)N[C@@H](C)C(=O)O)[C@@H](C)O. The second kappa shape index (κ2) is 14.6. The molecule has 0 saturated carbocycles. The molecule has 0 spiro atoms. The van der Waals surface area contributed by atoms with E-state index in [0.717, 1.165) is 0 Å². The lowest BCUT2D eigenvalue weighted by atomic mass is 10.1. The Hall–Kier alpha value is -3.46. The highest BCUT2D eigenvalue weighted by atomic mass is 16.4. The Labute approximate surface area is 197 Å². The number of aliphatic imine (C=N–C) groups is 1. The van der Waals surface area contributed by atoms with Crippen LogP contribution in [0, 0.1) is 0 Å². The van der Waals surface area contributed by atoms with Gasteiger partial charge >= 0.3 is 5.97 Å². The highest BCUT2D eigenvalue weighted by Crippen LogP contribution is 2.03. The molecule has 0 aliphatic heterocycles. The Kier molecular flexibility index (Phi) is 13.2. The van der Waals surface area contributed by atoms with Crippen molar-refractivity contribution in [3.05, 3.63) is 0 Å². The molecule has 0 radical (unpaired) electrons. The highest BCUT2D eigenvalue weighted by molar-refractivity contribution is 5.95. The number of aliphatic hydroxyl groups is 1. The fraction of sp³-hybridized carbons (Fsp3) is 0.684. The molecule has 0 heterocycles. The van der Waals surface area contributed by atoms with Crippen LogP contribution in [-0.4, -0.2) is 88.6 Å². The summed E-state index contributed by atoms with van der Waals surface area (Å²) in [5.74, 6) is -4.47. The predicted molar refractivity (Wildman–Crippen MR) is 122 cm³/mol. The Morgan fingerprint density at radius 1 is 0.824 bits per heavy atom. The van der Waals surface area contributed by atoms with Gasteiger partial charge < -0.3 is 48.7 Å². The molecule has 194 valence electrons. The van der Waals surface area contributed by atoms with Gasteiger partial charge in [-0.2, -0.15) is 0 Å². The summed E-state index contributed by atoms with van der Waals surface area (Å²) >= 11 is 0. The van der Waals surface area contributed by atoms with Gasteiger partial charge in [0.05, 0.1) is 12.1 Å². The smallest absolute Gasteiger partial charge is 0.325 e. The van der Waals surface area contributed by atoms with Crippen molar-refractivity contribution in [2.24, 2.45) is 22.2 Å². The summed E-state index contributed by atoms with van der Waals surface area (Å²) in [6, 6.07) is -5.85. The van der Waals surface area contributed by atoms with Crippen LogP contribution >= 0.6 is 0 Å². The van der Waals surface area contributed by atoms with Gasteiger partial charge in [0.25, 0.3) is 0 Å². The van der Waals surface area contributed by atoms with Crippen LogP contribution < -0.4 is 38.5 Å². The summed E-state index contributed by atoms with van der Waals surface area (Å²) in [5, 5.41) is 28.2. The van der Waals surface area contributed by atoms with Crippen LogP contribution in [0.25, 0.3) is 0 Å². The van der Waals surface area contributed by atoms with Crippen LogP contribution in [0.15, 0.2) is 4.99 Å². The second-order valence-electron chi connectivity index (χ2n) is 7.82. The van der Waals surface area contributed by atoms with Crippen molar-refractivity contribution >= 4 is 35.6 Å². The maximum absolute atomic E-state index is 12.8. The third-order valence-corrected chi connectivity index (χ3v) is 4.54. The number of amides is 4. The van der Waals surface area contributed by atoms with Crippen molar-refractivity contribution in [3.8, 4) is 0 Å². The molecular formula is C19H36N8O7. The number of hydrogen-bond donors (Lipinski definition) is 9. The molecule has 0 unspecified atom stereocenters. The molecule has 0 aliphatic carbocycles. The van der Waals surface area contributed by atoms with Crippen LogP contribution in [-0.2, 0) is 24.0 Å². The molecule has 15 heteroatoms. The minimum Gasteiger partial charge on any atom is -0.480 e. The molecule has 0 saturated heterocycles. The van der Waals surface area contributed by atoms with Crippen molar-refractivity contribution in [2.75, 3.05) is 6.54 Å². The molecule has 0 fully saturated rings. The summed E-state index contributed by atoms with van der Waals surface area (Å²) in [7, 11) is 0. The lowest BCUT2D eigenvalue weighted by Crippen LogP contribution is -2.60. The average molecular weight is 489 g/mol. The predicted octanol–water partition coefficient (Wildman–Crippen LogP) is -4.17. The molecule has 0 rings (SSSR count). The molecular weight excluding hydrogens is 452 g/mol. The molecule has 0 aromatic heterocycles. The van der Waals surface area contributed by atoms with Crippen LogP contribution in [0.1, 0.15) is 40.5 Å². The topological polar surface area (TPSA) is 264 Å². The Morgan fingerprint density at radius 3 is 1.85 bits per heavy atom. The molecule has 4 amide bonds. The van der Waals surface area contributed by atoms with E-state index < -0.39 is 65.9 Å². The van der Waals surface area contributed by atoms with E-state index in [1.165, 1.54) is 27.7 Å². The molecule has 0 aromatic rings. The normalized spacial score (nSPS) is 15.9. The number of nitrogens with zero attached hydrogens (tertiary/aromatic N) is 1. The van der Waals surface area contributed by atoms with E-state index in [1.54, 1.807) is 0 Å². The van der Waals surface area contributed by atoms with Gasteiger partial charge in [0.1, 0.15) is 24.2 Å². The minimum atomic E-state index is -1.48. The fourth-order valence-electron chi connectivity index (χ4n) is 2.50. The largest absolute Gasteiger partial charge is 0.480 e. The van der Waals surface area contributed by atoms with Gasteiger partial charge in [-0.3, -0.25) is 29.0 Å². The third kappa shape index (κ3) is 11.4. The Morgan fingerprint density at radius 2 is 1.38 bits per heavy atom. The maximum Gasteiger partial charge on any atom is 0.325 e. The van der Waals surface area contributed by atoms with E-state index in [2.05, 4.69) is 26.3 Å². The van der Waals surface area contributed by atoms with E-state index in [1.807, 2.05) is 0 Å². The van der Waals surface area contributed by atoms with Crippen LogP contribution in [0.5, 0.6) is 0 Å². The number of aliphatic carboxylic acids is 1. The highest BCUT2D eigenvalue weighted by Gasteiger charge is 2.31. The van der Waals surface area contributed by atoms with E-state index in [-0.39, 0.29) is 18.9 Å².